The van der Waals surface area contributed by atoms with Crippen molar-refractivity contribution in [3.05, 3.63) is 38.2 Å². The molecule has 1 aliphatic rings. The summed E-state index contributed by atoms with van der Waals surface area (Å²) in [6, 6.07) is 1.59. The molecule has 0 aromatic carbocycles. The third-order valence-corrected chi connectivity index (χ3v) is 4.52. The molecule has 2 heterocycles. The molecule has 0 saturated heterocycles. The van der Waals surface area contributed by atoms with Crippen LogP contribution < -0.4 is 16.6 Å². The van der Waals surface area contributed by atoms with Crippen molar-refractivity contribution in [3.63, 3.8) is 0 Å². The van der Waals surface area contributed by atoms with E-state index in [9.17, 15) is 19.2 Å². The average Bonchev–Trinajstić information content (AvgIpc) is 3.46. The highest BCUT2D eigenvalue weighted by Gasteiger charge is 2.29. The zero-order valence-corrected chi connectivity index (χ0v) is 17.1. The molecule has 0 radical (unpaired) electrons. The van der Waals surface area contributed by atoms with Crippen molar-refractivity contribution in [1.82, 2.24) is 19.9 Å². The lowest BCUT2D eigenvalue weighted by molar-refractivity contribution is -0.146. The molecule has 9 nitrogen and oxygen atoms in total. The number of carbonyl (C=O) groups is 2. The predicted molar refractivity (Wildman–Crippen MR) is 107 cm³/mol. The summed E-state index contributed by atoms with van der Waals surface area (Å²) >= 11 is 0. The third-order valence-electron chi connectivity index (χ3n) is 4.52. The van der Waals surface area contributed by atoms with Gasteiger partial charge in [-0.15, -0.1) is 0 Å². The molecule has 29 heavy (non-hydrogen) atoms. The lowest BCUT2D eigenvalue weighted by Crippen LogP contribution is -2.35. The minimum Gasteiger partial charge on any atom is -0.462 e. The van der Waals surface area contributed by atoms with Crippen molar-refractivity contribution in [2.45, 2.75) is 59.1 Å². The lowest BCUT2D eigenvalue weighted by atomic mass is 10.1. The molecule has 2 N–H and O–H groups in total. The maximum absolute atomic E-state index is 12.8. The average molecular weight is 402 g/mol. The van der Waals surface area contributed by atoms with E-state index in [2.05, 4.69) is 15.3 Å². The number of hydrogen-bond donors (Lipinski definition) is 2. The zero-order chi connectivity index (χ0) is 21.3. The first-order valence-corrected chi connectivity index (χ1v) is 9.82. The van der Waals surface area contributed by atoms with Crippen LogP contribution in [0.15, 0.2) is 15.7 Å². The summed E-state index contributed by atoms with van der Waals surface area (Å²) in [6.07, 6.45) is 1.59. The van der Waals surface area contributed by atoms with Crippen LogP contribution >= 0.6 is 0 Å². The second-order valence-electron chi connectivity index (χ2n) is 8.05. The molecule has 2 aromatic rings. The van der Waals surface area contributed by atoms with Gasteiger partial charge in [-0.1, -0.05) is 13.8 Å². The fourth-order valence-electron chi connectivity index (χ4n) is 3.15. The first-order valence-electron chi connectivity index (χ1n) is 9.82. The summed E-state index contributed by atoms with van der Waals surface area (Å²) in [5.74, 6) is -0.810. The van der Waals surface area contributed by atoms with Gasteiger partial charge in [-0.05, 0) is 38.7 Å². The number of aromatic amines is 1. The van der Waals surface area contributed by atoms with E-state index in [1.54, 1.807) is 19.9 Å². The van der Waals surface area contributed by atoms with Gasteiger partial charge in [-0.2, -0.15) is 0 Å². The van der Waals surface area contributed by atoms with Gasteiger partial charge in [0, 0.05) is 18.2 Å². The number of nitrogens with zero attached hydrogens (tertiary/aromatic N) is 2. The van der Waals surface area contributed by atoms with Crippen molar-refractivity contribution in [1.29, 1.82) is 0 Å². The number of aromatic nitrogens is 3. The lowest BCUT2D eigenvalue weighted by Gasteiger charge is -2.15. The van der Waals surface area contributed by atoms with Gasteiger partial charge in [0.1, 0.15) is 6.54 Å². The van der Waals surface area contributed by atoms with E-state index in [0.29, 0.717) is 12.2 Å². The Kier molecular flexibility index (Phi) is 5.86. The molecular formula is C20H26N4O5. The molecule has 1 saturated carbocycles. The van der Waals surface area contributed by atoms with Crippen LogP contribution in [0.5, 0.6) is 0 Å². The number of fused-ring (bicyclic) bond motifs is 1. The Balaban J connectivity index is 2.08. The van der Waals surface area contributed by atoms with E-state index < -0.39 is 23.1 Å². The smallest absolute Gasteiger partial charge is 0.330 e. The third kappa shape index (κ3) is 4.72. The Morgan fingerprint density at radius 1 is 1.28 bits per heavy atom. The van der Waals surface area contributed by atoms with Crippen LogP contribution in [-0.2, 0) is 16.1 Å². The number of rotatable bonds is 7. The number of esters is 1. The van der Waals surface area contributed by atoms with Crippen molar-refractivity contribution >= 4 is 22.9 Å². The number of amides is 1. The fourth-order valence-corrected chi connectivity index (χ4v) is 3.15. The van der Waals surface area contributed by atoms with E-state index in [4.69, 9.17) is 4.74 Å². The second-order valence-corrected chi connectivity index (χ2v) is 8.05. The summed E-state index contributed by atoms with van der Waals surface area (Å²) in [5.41, 5.74) is -0.243. The van der Waals surface area contributed by atoms with Crippen molar-refractivity contribution in [2.24, 2.45) is 5.92 Å². The molecule has 0 unspecified atom stereocenters. The number of ether oxygens (including phenoxy) is 1. The summed E-state index contributed by atoms with van der Waals surface area (Å²) in [7, 11) is 0. The van der Waals surface area contributed by atoms with E-state index in [-0.39, 0.29) is 41.1 Å². The van der Waals surface area contributed by atoms with Crippen LogP contribution in [-0.4, -0.2) is 39.1 Å². The van der Waals surface area contributed by atoms with Crippen molar-refractivity contribution in [3.8, 4) is 0 Å². The quantitative estimate of drug-likeness (QED) is 0.673. The molecule has 1 amide bonds. The number of nitrogens with one attached hydrogen (secondary N) is 2. The molecule has 9 heteroatoms. The Morgan fingerprint density at radius 2 is 1.97 bits per heavy atom. The number of pyridine rings is 1. The number of carbonyl (C=O) groups excluding carboxylic acids is 2. The topological polar surface area (TPSA) is 123 Å². The van der Waals surface area contributed by atoms with Gasteiger partial charge in [-0.25, -0.2) is 9.78 Å². The predicted octanol–water partition coefficient (Wildman–Crippen LogP) is 1.30. The molecule has 1 fully saturated rings. The van der Waals surface area contributed by atoms with Gasteiger partial charge in [0.05, 0.1) is 17.1 Å². The largest absolute Gasteiger partial charge is 0.462 e. The van der Waals surface area contributed by atoms with Crippen LogP contribution in [0.2, 0.25) is 0 Å². The summed E-state index contributed by atoms with van der Waals surface area (Å²) < 4.78 is 6.42. The molecule has 0 aliphatic heterocycles. The van der Waals surface area contributed by atoms with E-state index in [1.807, 2.05) is 13.8 Å². The van der Waals surface area contributed by atoms with Gasteiger partial charge < -0.3 is 10.1 Å². The van der Waals surface area contributed by atoms with Crippen LogP contribution in [0.4, 0.5) is 0 Å². The minimum atomic E-state index is -0.672. The molecule has 0 bridgehead atoms. The SMILES string of the molecule is CC(C)Cn1c(=O)[nH]c(=O)c2c(C(=O)NCC(=O)OC(C)C)cc(C3CC3)nc21. The first-order chi connectivity index (χ1) is 13.7. The summed E-state index contributed by atoms with van der Waals surface area (Å²) in [6.45, 7) is 7.36. The fraction of sp³-hybridized carbons (Fsp3) is 0.550. The highest BCUT2D eigenvalue weighted by molar-refractivity contribution is 6.06. The van der Waals surface area contributed by atoms with Crippen LogP contribution in [0.1, 0.15) is 62.5 Å². The van der Waals surface area contributed by atoms with Crippen LogP contribution in [0, 0.1) is 5.92 Å². The highest BCUT2D eigenvalue weighted by atomic mass is 16.5. The van der Waals surface area contributed by atoms with Gasteiger partial charge >= 0.3 is 11.7 Å². The number of hydrogen-bond acceptors (Lipinski definition) is 6. The van der Waals surface area contributed by atoms with Gasteiger partial charge in [0.25, 0.3) is 11.5 Å². The first kappa shape index (κ1) is 20.8. The molecule has 0 spiro atoms. The summed E-state index contributed by atoms with van der Waals surface area (Å²) in [4.78, 5) is 56.4. The molecule has 3 rings (SSSR count). The summed E-state index contributed by atoms with van der Waals surface area (Å²) in [5, 5.41) is 2.55. The van der Waals surface area contributed by atoms with E-state index in [0.717, 1.165) is 12.8 Å². The molecule has 0 atom stereocenters. The van der Waals surface area contributed by atoms with Crippen molar-refractivity contribution in [2.75, 3.05) is 6.54 Å². The van der Waals surface area contributed by atoms with E-state index in [1.165, 1.54) is 4.57 Å². The minimum absolute atomic E-state index is 0.0457. The van der Waals surface area contributed by atoms with Gasteiger partial charge in [0.2, 0.25) is 0 Å². The Bertz CT molecular complexity index is 1060. The van der Waals surface area contributed by atoms with E-state index >= 15 is 0 Å². The Hall–Kier alpha value is -2.97. The highest BCUT2D eigenvalue weighted by Crippen LogP contribution is 2.39. The molecular weight excluding hydrogens is 376 g/mol. The normalized spacial score (nSPS) is 13.9. The van der Waals surface area contributed by atoms with Gasteiger partial charge in [-0.3, -0.25) is 23.9 Å². The standard InChI is InChI=1S/C20H26N4O5/c1-10(2)9-24-17-16(19(27)23-20(24)28)13(7-14(22-17)12-5-6-12)18(26)21-8-15(25)29-11(3)4/h7,10-12H,5-6,8-9H2,1-4H3,(H,21,26)(H,23,27,28). The van der Waals surface area contributed by atoms with Gasteiger partial charge in [0.15, 0.2) is 5.65 Å². The maximum atomic E-state index is 12.8. The maximum Gasteiger partial charge on any atom is 0.330 e. The Labute approximate surface area is 167 Å². The second kappa shape index (κ2) is 8.18. The molecule has 1 aliphatic carbocycles. The van der Waals surface area contributed by atoms with Crippen LogP contribution in [0.25, 0.3) is 11.0 Å². The van der Waals surface area contributed by atoms with Crippen LogP contribution in [0.3, 0.4) is 0 Å². The Morgan fingerprint density at radius 3 is 2.55 bits per heavy atom. The monoisotopic (exact) mass is 402 g/mol. The van der Waals surface area contributed by atoms with Crippen molar-refractivity contribution < 1.29 is 14.3 Å². The molecule has 156 valence electrons. The molecule has 2 aromatic heterocycles. The zero-order valence-electron chi connectivity index (χ0n) is 17.1. The number of H-pyrrole nitrogens is 1.